The van der Waals surface area contributed by atoms with Gasteiger partial charge in [0.2, 0.25) is 0 Å². The Labute approximate surface area is 108 Å². The van der Waals surface area contributed by atoms with Crippen LogP contribution in [0.25, 0.3) is 0 Å². The number of rotatable bonds is 4. The molecule has 0 aliphatic rings. The van der Waals surface area contributed by atoms with Crippen molar-refractivity contribution in [1.82, 2.24) is 0 Å². The SMILES string of the molecule is Cc1c[n+](C)ccc1CCCc1ccc(F)cc1. The van der Waals surface area contributed by atoms with Crippen LogP contribution in [0.4, 0.5) is 4.39 Å². The predicted molar refractivity (Wildman–Crippen MR) is 70.8 cm³/mol. The summed E-state index contributed by atoms with van der Waals surface area (Å²) >= 11 is 0. The van der Waals surface area contributed by atoms with Crippen molar-refractivity contribution in [2.24, 2.45) is 7.05 Å². The van der Waals surface area contributed by atoms with Crippen molar-refractivity contribution in [2.75, 3.05) is 0 Å². The van der Waals surface area contributed by atoms with Crippen LogP contribution in [-0.2, 0) is 19.9 Å². The molecule has 94 valence electrons. The first-order valence-corrected chi connectivity index (χ1v) is 6.34. The Morgan fingerprint density at radius 3 is 2.44 bits per heavy atom. The number of benzene rings is 1. The lowest BCUT2D eigenvalue weighted by molar-refractivity contribution is -0.671. The van der Waals surface area contributed by atoms with Crippen molar-refractivity contribution in [3.63, 3.8) is 0 Å². The van der Waals surface area contributed by atoms with E-state index in [1.54, 1.807) is 0 Å². The summed E-state index contributed by atoms with van der Waals surface area (Å²) in [6.07, 6.45) is 7.40. The van der Waals surface area contributed by atoms with Crippen LogP contribution in [0.15, 0.2) is 42.7 Å². The van der Waals surface area contributed by atoms with Crippen LogP contribution in [0.3, 0.4) is 0 Å². The lowest BCUT2D eigenvalue weighted by Crippen LogP contribution is -2.27. The molecule has 1 heterocycles. The van der Waals surface area contributed by atoms with Gasteiger partial charge in [-0.2, -0.15) is 0 Å². The number of hydrogen-bond acceptors (Lipinski definition) is 0. The highest BCUT2D eigenvalue weighted by Crippen LogP contribution is 2.11. The van der Waals surface area contributed by atoms with Crippen molar-refractivity contribution in [3.05, 3.63) is 65.2 Å². The first-order chi connectivity index (χ1) is 8.65. The zero-order chi connectivity index (χ0) is 13.0. The molecular weight excluding hydrogens is 225 g/mol. The summed E-state index contributed by atoms with van der Waals surface area (Å²) in [6.45, 7) is 2.15. The van der Waals surface area contributed by atoms with Gasteiger partial charge in [0, 0.05) is 11.6 Å². The molecule has 1 aromatic heterocycles. The molecule has 2 aromatic rings. The fraction of sp³-hybridized carbons (Fsp3) is 0.312. The van der Waals surface area contributed by atoms with E-state index in [0.717, 1.165) is 19.3 Å². The van der Waals surface area contributed by atoms with Gasteiger partial charge in [-0.1, -0.05) is 12.1 Å². The molecule has 0 N–H and O–H groups in total. The van der Waals surface area contributed by atoms with Crippen LogP contribution >= 0.6 is 0 Å². The third-order valence-corrected chi connectivity index (χ3v) is 3.24. The van der Waals surface area contributed by atoms with Crippen LogP contribution in [0.5, 0.6) is 0 Å². The quantitative estimate of drug-likeness (QED) is 0.727. The van der Waals surface area contributed by atoms with Crippen LogP contribution in [0.1, 0.15) is 23.1 Å². The minimum Gasteiger partial charge on any atom is -0.208 e. The summed E-state index contributed by atoms with van der Waals surface area (Å²) in [5.74, 6) is -0.162. The molecule has 1 aromatic carbocycles. The maximum atomic E-state index is 12.8. The van der Waals surface area contributed by atoms with Crippen LogP contribution in [0.2, 0.25) is 0 Å². The molecule has 0 amide bonds. The van der Waals surface area contributed by atoms with E-state index in [2.05, 4.69) is 30.0 Å². The Kier molecular flexibility index (Phi) is 4.08. The lowest BCUT2D eigenvalue weighted by Gasteiger charge is -2.04. The third-order valence-electron chi connectivity index (χ3n) is 3.24. The van der Waals surface area contributed by atoms with Crippen molar-refractivity contribution >= 4 is 0 Å². The van der Waals surface area contributed by atoms with E-state index < -0.39 is 0 Å². The van der Waals surface area contributed by atoms with E-state index in [1.807, 2.05) is 19.2 Å². The predicted octanol–water partition coefficient (Wildman–Crippen LogP) is 3.13. The highest BCUT2D eigenvalue weighted by Gasteiger charge is 2.03. The van der Waals surface area contributed by atoms with Crippen molar-refractivity contribution < 1.29 is 8.96 Å². The summed E-state index contributed by atoms with van der Waals surface area (Å²) in [7, 11) is 2.04. The summed E-state index contributed by atoms with van der Waals surface area (Å²) in [5.41, 5.74) is 3.94. The van der Waals surface area contributed by atoms with E-state index in [9.17, 15) is 4.39 Å². The number of pyridine rings is 1. The minimum absolute atomic E-state index is 0.162. The Bertz CT molecular complexity index is 517. The lowest BCUT2D eigenvalue weighted by atomic mass is 10.0. The molecule has 2 heteroatoms. The molecule has 18 heavy (non-hydrogen) atoms. The fourth-order valence-electron chi connectivity index (χ4n) is 2.18. The third kappa shape index (κ3) is 3.39. The molecule has 0 saturated carbocycles. The standard InChI is InChI=1S/C16H19FN/c1-13-12-18(2)11-10-15(13)5-3-4-14-6-8-16(17)9-7-14/h6-12H,3-5H2,1-2H3/q+1. The largest absolute Gasteiger partial charge is 0.208 e. The van der Waals surface area contributed by atoms with Gasteiger partial charge < -0.3 is 0 Å². The minimum atomic E-state index is -0.162. The molecule has 0 fully saturated rings. The molecule has 0 radical (unpaired) electrons. The Morgan fingerprint density at radius 1 is 1.06 bits per heavy atom. The van der Waals surface area contributed by atoms with Gasteiger partial charge in [-0.25, -0.2) is 8.96 Å². The van der Waals surface area contributed by atoms with Gasteiger partial charge in [0.1, 0.15) is 12.9 Å². The fourth-order valence-corrected chi connectivity index (χ4v) is 2.18. The van der Waals surface area contributed by atoms with Crippen LogP contribution in [0, 0.1) is 12.7 Å². The van der Waals surface area contributed by atoms with Gasteiger partial charge in [-0.05, 0) is 49.4 Å². The number of hydrogen-bond donors (Lipinski definition) is 0. The van der Waals surface area contributed by atoms with Gasteiger partial charge in [0.15, 0.2) is 12.4 Å². The van der Waals surface area contributed by atoms with Crippen LogP contribution in [-0.4, -0.2) is 0 Å². The maximum Gasteiger partial charge on any atom is 0.171 e. The normalized spacial score (nSPS) is 10.6. The monoisotopic (exact) mass is 244 g/mol. The van der Waals surface area contributed by atoms with E-state index >= 15 is 0 Å². The topological polar surface area (TPSA) is 3.88 Å². The average molecular weight is 244 g/mol. The molecule has 0 aliphatic carbocycles. The van der Waals surface area contributed by atoms with E-state index in [0.29, 0.717) is 0 Å². The van der Waals surface area contributed by atoms with Crippen molar-refractivity contribution in [2.45, 2.75) is 26.2 Å². The second kappa shape index (κ2) is 5.76. The molecule has 0 unspecified atom stereocenters. The number of halogens is 1. The van der Waals surface area contributed by atoms with Crippen LogP contribution < -0.4 is 4.57 Å². The second-order valence-corrected chi connectivity index (χ2v) is 4.80. The zero-order valence-electron chi connectivity index (χ0n) is 11.0. The molecule has 0 aliphatic heterocycles. The molecule has 0 bridgehead atoms. The summed E-state index contributed by atoms with van der Waals surface area (Å²) in [6, 6.07) is 8.98. The molecular formula is C16H19FN+. The molecule has 0 saturated heterocycles. The highest BCUT2D eigenvalue weighted by molar-refractivity contribution is 5.20. The molecule has 2 rings (SSSR count). The van der Waals surface area contributed by atoms with Crippen molar-refractivity contribution in [1.29, 1.82) is 0 Å². The van der Waals surface area contributed by atoms with E-state index in [4.69, 9.17) is 0 Å². The van der Waals surface area contributed by atoms with Crippen molar-refractivity contribution in [3.8, 4) is 0 Å². The molecule has 0 atom stereocenters. The number of aromatic nitrogens is 1. The highest BCUT2D eigenvalue weighted by atomic mass is 19.1. The van der Waals surface area contributed by atoms with Gasteiger partial charge >= 0.3 is 0 Å². The Balaban J connectivity index is 1.90. The van der Waals surface area contributed by atoms with E-state index in [1.165, 1.54) is 28.8 Å². The van der Waals surface area contributed by atoms with Gasteiger partial charge in [0.05, 0.1) is 0 Å². The number of aryl methyl sites for hydroxylation is 4. The number of nitrogens with zero attached hydrogens (tertiary/aromatic N) is 1. The van der Waals surface area contributed by atoms with E-state index in [-0.39, 0.29) is 5.82 Å². The first kappa shape index (κ1) is 12.7. The molecule has 0 spiro atoms. The summed E-state index contributed by atoms with van der Waals surface area (Å²) in [5, 5.41) is 0. The second-order valence-electron chi connectivity index (χ2n) is 4.80. The molecule has 1 nitrogen and oxygen atoms in total. The zero-order valence-corrected chi connectivity index (χ0v) is 11.0. The average Bonchev–Trinajstić information content (AvgIpc) is 2.34. The Morgan fingerprint density at radius 2 is 1.78 bits per heavy atom. The maximum absolute atomic E-state index is 12.8. The first-order valence-electron chi connectivity index (χ1n) is 6.34. The summed E-state index contributed by atoms with van der Waals surface area (Å²) < 4.78 is 14.8. The summed E-state index contributed by atoms with van der Waals surface area (Å²) in [4.78, 5) is 0. The smallest absolute Gasteiger partial charge is 0.171 e. The van der Waals surface area contributed by atoms with Gasteiger partial charge in [-0.3, -0.25) is 0 Å². The van der Waals surface area contributed by atoms with Gasteiger partial charge in [-0.15, -0.1) is 0 Å². The Hall–Kier alpha value is -1.70. The van der Waals surface area contributed by atoms with Gasteiger partial charge in [0.25, 0.3) is 0 Å².